The lowest BCUT2D eigenvalue weighted by Gasteiger charge is -2.04. The summed E-state index contributed by atoms with van der Waals surface area (Å²) in [6, 6.07) is 3.09. The summed E-state index contributed by atoms with van der Waals surface area (Å²) >= 11 is 12.0. The van der Waals surface area contributed by atoms with Crippen molar-refractivity contribution in [1.29, 1.82) is 0 Å². The number of imidazole rings is 1. The van der Waals surface area contributed by atoms with Crippen molar-refractivity contribution < 1.29 is 9.53 Å². The highest BCUT2D eigenvalue weighted by atomic mass is 35.5. The number of anilines is 1. The van der Waals surface area contributed by atoms with Crippen molar-refractivity contribution in [3.63, 3.8) is 0 Å². The van der Waals surface area contributed by atoms with Crippen LogP contribution in [0.25, 0.3) is 5.65 Å². The molecule has 3 aromatic heterocycles. The van der Waals surface area contributed by atoms with E-state index < -0.39 is 5.97 Å². The Labute approximate surface area is 135 Å². The van der Waals surface area contributed by atoms with Gasteiger partial charge in [0.2, 0.25) is 0 Å². The maximum Gasteiger partial charge on any atom is 0.340 e. The van der Waals surface area contributed by atoms with E-state index in [0.29, 0.717) is 21.4 Å². The van der Waals surface area contributed by atoms with Crippen molar-refractivity contribution in [1.82, 2.24) is 14.4 Å². The first-order valence-corrected chi connectivity index (χ1v) is 6.99. The van der Waals surface area contributed by atoms with Crippen LogP contribution in [0.1, 0.15) is 16.1 Å². The molecule has 0 aliphatic carbocycles. The highest BCUT2D eigenvalue weighted by Crippen LogP contribution is 2.22. The third-order valence-corrected chi connectivity index (χ3v) is 3.43. The number of fused-ring (bicyclic) bond motifs is 1. The molecule has 6 nitrogen and oxygen atoms in total. The van der Waals surface area contributed by atoms with Crippen molar-refractivity contribution >= 4 is 40.5 Å². The molecule has 3 rings (SSSR count). The van der Waals surface area contributed by atoms with Crippen LogP contribution >= 0.6 is 23.2 Å². The monoisotopic (exact) mass is 336 g/mol. The maximum absolute atomic E-state index is 12.0. The first-order valence-electron chi connectivity index (χ1n) is 6.24. The normalized spacial score (nSPS) is 10.8. The van der Waals surface area contributed by atoms with Gasteiger partial charge in [-0.05, 0) is 12.1 Å². The van der Waals surface area contributed by atoms with Gasteiger partial charge in [0.05, 0.1) is 33.2 Å². The molecule has 22 heavy (non-hydrogen) atoms. The van der Waals surface area contributed by atoms with E-state index in [2.05, 4.69) is 9.97 Å². The third kappa shape index (κ3) is 2.84. The summed E-state index contributed by atoms with van der Waals surface area (Å²) in [4.78, 5) is 20.1. The summed E-state index contributed by atoms with van der Waals surface area (Å²) in [5.41, 5.74) is 7.29. The van der Waals surface area contributed by atoms with Crippen LogP contribution in [-0.4, -0.2) is 20.3 Å². The van der Waals surface area contributed by atoms with Crippen LogP contribution in [0.15, 0.2) is 36.9 Å². The summed E-state index contributed by atoms with van der Waals surface area (Å²) in [6.45, 7) is -0.00375. The predicted octanol–water partition coefficient (Wildman–Crippen LogP) is 2.98. The Bertz CT molecular complexity index is 863. The zero-order chi connectivity index (χ0) is 15.7. The number of carbonyl (C=O) groups is 1. The molecule has 3 heterocycles. The lowest BCUT2D eigenvalue weighted by molar-refractivity contribution is 0.0469. The van der Waals surface area contributed by atoms with E-state index in [9.17, 15) is 4.79 Å². The standard InChI is InChI=1S/C14H10Cl2N4O2/c15-8-3-11(16)13-19-9(6-20(13)5-8)7-22-14(21)10-1-2-18-4-12(10)17/h1-6H,7,17H2. The number of rotatable bonds is 3. The minimum absolute atomic E-state index is 0.00375. The number of carbonyl (C=O) groups excluding carboxylic acids is 1. The Kier molecular flexibility index (Phi) is 3.87. The summed E-state index contributed by atoms with van der Waals surface area (Å²) in [5.74, 6) is -0.541. The molecule has 0 atom stereocenters. The van der Waals surface area contributed by atoms with E-state index >= 15 is 0 Å². The maximum atomic E-state index is 12.0. The molecule has 0 aliphatic rings. The van der Waals surface area contributed by atoms with Gasteiger partial charge < -0.3 is 14.9 Å². The number of pyridine rings is 2. The Hall–Kier alpha value is -2.31. The quantitative estimate of drug-likeness (QED) is 0.743. The van der Waals surface area contributed by atoms with Gasteiger partial charge in [-0.3, -0.25) is 4.98 Å². The second-order valence-corrected chi connectivity index (χ2v) is 5.35. The van der Waals surface area contributed by atoms with Gasteiger partial charge >= 0.3 is 5.97 Å². The molecule has 0 spiro atoms. The summed E-state index contributed by atoms with van der Waals surface area (Å²) in [6.07, 6.45) is 6.22. The van der Waals surface area contributed by atoms with Crippen LogP contribution < -0.4 is 5.73 Å². The van der Waals surface area contributed by atoms with Gasteiger partial charge in [0, 0.05) is 18.6 Å². The zero-order valence-electron chi connectivity index (χ0n) is 11.2. The van der Waals surface area contributed by atoms with Crippen molar-refractivity contribution in [3.8, 4) is 0 Å². The molecule has 0 fully saturated rings. The average molecular weight is 337 g/mol. The predicted molar refractivity (Wildman–Crippen MR) is 83.0 cm³/mol. The van der Waals surface area contributed by atoms with Crippen molar-refractivity contribution in [2.45, 2.75) is 6.61 Å². The molecule has 0 saturated carbocycles. The molecule has 8 heteroatoms. The van der Waals surface area contributed by atoms with Gasteiger partial charge in [-0.1, -0.05) is 23.2 Å². The molecular weight excluding hydrogens is 327 g/mol. The van der Waals surface area contributed by atoms with E-state index in [1.807, 2.05) is 0 Å². The molecule has 0 unspecified atom stereocenters. The van der Waals surface area contributed by atoms with Crippen LogP contribution in [-0.2, 0) is 11.3 Å². The van der Waals surface area contributed by atoms with Crippen LogP contribution in [0.2, 0.25) is 10.0 Å². The van der Waals surface area contributed by atoms with Crippen LogP contribution in [0.3, 0.4) is 0 Å². The summed E-state index contributed by atoms with van der Waals surface area (Å²) < 4.78 is 6.87. The summed E-state index contributed by atoms with van der Waals surface area (Å²) in [7, 11) is 0. The van der Waals surface area contributed by atoms with Crippen LogP contribution in [0.4, 0.5) is 5.69 Å². The van der Waals surface area contributed by atoms with Crippen LogP contribution in [0.5, 0.6) is 0 Å². The zero-order valence-corrected chi connectivity index (χ0v) is 12.7. The number of hydrogen-bond donors (Lipinski definition) is 1. The molecule has 0 saturated heterocycles. The molecule has 0 bridgehead atoms. The minimum atomic E-state index is -0.541. The molecule has 0 aliphatic heterocycles. The molecule has 0 radical (unpaired) electrons. The Balaban J connectivity index is 1.78. The lowest BCUT2D eigenvalue weighted by atomic mass is 10.2. The fourth-order valence-corrected chi connectivity index (χ4v) is 2.48. The number of halogens is 2. The molecule has 2 N–H and O–H groups in total. The van der Waals surface area contributed by atoms with Crippen molar-refractivity contribution in [3.05, 3.63) is 58.2 Å². The minimum Gasteiger partial charge on any atom is -0.455 e. The number of nitrogens with two attached hydrogens (primary N) is 1. The third-order valence-electron chi connectivity index (χ3n) is 2.95. The topological polar surface area (TPSA) is 82.5 Å². The van der Waals surface area contributed by atoms with Crippen LogP contribution in [0, 0.1) is 0 Å². The molecular formula is C14H10Cl2N4O2. The number of esters is 1. The van der Waals surface area contributed by atoms with E-state index in [1.165, 1.54) is 18.5 Å². The van der Waals surface area contributed by atoms with Gasteiger partial charge in [-0.15, -0.1) is 0 Å². The average Bonchev–Trinajstić information content (AvgIpc) is 2.88. The summed E-state index contributed by atoms with van der Waals surface area (Å²) in [5, 5.41) is 0.909. The van der Waals surface area contributed by atoms with Gasteiger partial charge in [0.15, 0.2) is 5.65 Å². The highest BCUT2D eigenvalue weighted by molar-refractivity contribution is 6.36. The number of nitrogen functional groups attached to an aromatic ring is 1. The van der Waals surface area contributed by atoms with Crippen molar-refractivity contribution in [2.75, 3.05) is 5.73 Å². The highest BCUT2D eigenvalue weighted by Gasteiger charge is 2.13. The molecule has 112 valence electrons. The first kappa shape index (κ1) is 14.6. The Morgan fingerprint density at radius 3 is 2.95 bits per heavy atom. The molecule has 0 amide bonds. The van der Waals surface area contributed by atoms with E-state index in [1.54, 1.807) is 22.9 Å². The Morgan fingerprint density at radius 2 is 2.18 bits per heavy atom. The van der Waals surface area contributed by atoms with Gasteiger partial charge in [0.1, 0.15) is 6.61 Å². The van der Waals surface area contributed by atoms with Gasteiger partial charge in [-0.2, -0.15) is 0 Å². The van der Waals surface area contributed by atoms with Gasteiger partial charge in [0.25, 0.3) is 0 Å². The fourth-order valence-electron chi connectivity index (χ4n) is 1.95. The van der Waals surface area contributed by atoms with Gasteiger partial charge in [-0.25, -0.2) is 9.78 Å². The van der Waals surface area contributed by atoms with E-state index in [-0.39, 0.29) is 17.9 Å². The van der Waals surface area contributed by atoms with E-state index in [4.69, 9.17) is 33.7 Å². The Morgan fingerprint density at radius 1 is 1.36 bits per heavy atom. The first-order chi connectivity index (χ1) is 10.5. The van der Waals surface area contributed by atoms with Crippen molar-refractivity contribution in [2.24, 2.45) is 0 Å². The second-order valence-electron chi connectivity index (χ2n) is 4.51. The number of nitrogens with zero attached hydrogens (tertiary/aromatic N) is 3. The molecule has 3 aromatic rings. The van der Waals surface area contributed by atoms with E-state index in [0.717, 1.165) is 0 Å². The lowest BCUT2D eigenvalue weighted by Crippen LogP contribution is -2.08. The SMILES string of the molecule is Nc1cnccc1C(=O)OCc1cn2cc(Cl)cc(Cl)c2n1. The smallest absolute Gasteiger partial charge is 0.340 e. The second kappa shape index (κ2) is 5.82. The fraction of sp³-hybridized carbons (Fsp3) is 0.0714. The molecule has 0 aromatic carbocycles. The number of ether oxygens (including phenoxy) is 1. The number of aromatic nitrogens is 3. The largest absolute Gasteiger partial charge is 0.455 e. The number of hydrogen-bond acceptors (Lipinski definition) is 5.